The van der Waals surface area contributed by atoms with Gasteiger partial charge in [0.15, 0.2) is 0 Å². The maximum absolute atomic E-state index is 11.9. The molecule has 0 spiro atoms. The van der Waals surface area contributed by atoms with Crippen LogP contribution in [0.4, 0.5) is 0 Å². The zero-order valence-corrected chi connectivity index (χ0v) is 12.4. The molecule has 2 aromatic rings. The van der Waals surface area contributed by atoms with Crippen molar-refractivity contribution in [3.05, 3.63) is 69.6 Å². The van der Waals surface area contributed by atoms with E-state index in [0.29, 0.717) is 18.7 Å². The van der Waals surface area contributed by atoms with Crippen molar-refractivity contribution >= 4 is 5.91 Å². The molecular formula is C17H20N2O2. The highest BCUT2D eigenvalue weighted by Gasteiger charge is 2.04. The van der Waals surface area contributed by atoms with Gasteiger partial charge in [-0.15, -0.1) is 0 Å². The number of carbonyl (C=O) groups excluding carboxylic acids is 1. The van der Waals surface area contributed by atoms with Crippen LogP contribution in [0, 0.1) is 13.8 Å². The van der Waals surface area contributed by atoms with Gasteiger partial charge in [-0.2, -0.15) is 0 Å². The summed E-state index contributed by atoms with van der Waals surface area (Å²) in [4.78, 5) is 23.6. The second-order valence-corrected chi connectivity index (χ2v) is 5.21. The first kappa shape index (κ1) is 15.0. The standard InChI is InChI=1S/C17H20N2O2/c1-13-5-3-6-15(11-13)17(21)18-8-4-9-19-10-7-14(2)12-16(19)20/h3,5-7,10-12H,4,8-9H2,1-2H3,(H,18,21). The molecule has 4 heteroatoms. The zero-order valence-electron chi connectivity index (χ0n) is 12.4. The summed E-state index contributed by atoms with van der Waals surface area (Å²) in [5.41, 5.74) is 2.69. The minimum atomic E-state index is -0.0741. The van der Waals surface area contributed by atoms with E-state index in [-0.39, 0.29) is 11.5 Å². The van der Waals surface area contributed by atoms with Crippen LogP contribution in [0.15, 0.2) is 47.4 Å². The van der Waals surface area contributed by atoms with Crippen LogP contribution < -0.4 is 10.9 Å². The second kappa shape index (κ2) is 6.88. The van der Waals surface area contributed by atoms with Crippen LogP contribution in [0.2, 0.25) is 0 Å². The summed E-state index contributed by atoms with van der Waals surface area (Å²) in [7, 11) is 0. The predicted molar refractivity (Wildman–Crippen MR) is 83.6 cm³/mol. The average Bonchev–Trinajstić information content (AvgIpc) is 2.45. The van der Waals surface area contributed by atoms with Gasteiger partial charge in [-0.25, -0.2) is 0 Å². The molecule has 0 radical (unpaired) electrons. The van der Waals surface area contributed by atoms with Crippen molar-refractivity contribution in [3.63, 3.8) is 0 Å². The van der Waals surface area contributed by atoms with Crippen molar-refractivity contribution in [2.24, 2.45) is 0 Å². The molecule has 0 fully saturated rings. The van der Waals surface area contributed by atoms with Crippen LogP contribution in [-0.2, 0) is 6.54 Å². The first-order valence-electron chi connectivity index (χ1n) is 7.08. The summed E-state index contributed by atoms with van der Waals surface area (Å²) in [6, 6.07) is 11.0. The molecule has 0 aliphatic rings. The van der Waals surface area contributed by atoms with Crippen LogP contribution in [0.1, 0.15) is 27.9 Å². The smallest absolute Gasteiger partial charge is 0.251 e. The van der Waals surface area contributed by atoms with Crippen LogP contribution >= 0.6 is 0 Å². The Bertz CT molecular complexity index is 689. The van der Waals surface area contributed by atoms with E-state index in [2.05, 4.69) is 5.32 Å². The maximum atomic E-state index is 11.9. The van der Waals surface area contributed by atoms with Gasteiger partial charge >= 0.3 is 0 Å². The van der Waals surface area contributed by atoms with Gasteiger partial charge in [0.25, 0.3) is 11.5 Å². The molecule has 2 rings (SSSR count). The van der Waals surface area contributed by atoms with E-state index in [1.807, 2.05) is 38.1 Å². The Morgan fingerprint density at radius 2 is 1.90 bits per heavy atom. The Kier molecular flexibility index (Phi) is 4.93. The molecule has 0 saturated carbocycles. The highest BCUT2D eigenvalue weighted by atomic mass is 16.1. The third kappa shape index (κ3) is 4.31. The van der Waals surface area contributed by atoms with Crippen LogP contribution in [-0.4, -0.2) is 17.0 Å². The number of pyridine rings is 1. The molecule has 4 nitrogen and oxygen atoms in total. The number of hydrogen-bond donors (Lipinski definition) is 1. The van der Waals surface area contributed by atoms with E-state index in [0.717, 1.165) is 17.5 Å². The van der Waals surface area contributed by atoms with E-state index in [4.69, 9.17) is 0 Å². The minimum absolute atomic E-state index is 0.00000991. The maximum Gasteiger partial charge on any atom is 0.251 e. The zero-order chi connectivity index (χ0) is 15.2. The molecule has 1 amide bonds. The summed E-state index contributed by atoms with van der Waals surface area (Å²) in [5.74, 6) is -0.0741. The lowest BCUT2D eigenvalue weighted by Gasteiger charge is -2.08. The molecule has 0 bridgehead atoms. The molecule has 1 aromatic carbocycles. The number of rotatable bonds is 5. The quantitative estimate of drug-likeness (QED) is 0.856. The lowest BCUT2D eigenvalue weighted by atomic mass is 10.1. The molecule has 110 valence electrons. The van der Waals surface area contributed by atoms with Crippen molar-refractivity contribution in [2.75, 3.05) is 6.54 Å². The Morgan fingerprint density at radius 1 is 1.14 bits per heavy atom. The van der Waals surface area contributed by atoms with E-state index >= 15 is 0 Å². The molecule has 0 saturated heterocycles. The van der Waals surface area contributed by atoms with Gasteiger partial charge in [-0.1, -0.05) is 17.7 Å². The highest BCUT2D eigenvalue weighted by molar-refractivity contribution is 5.94. The van der Waals surface area contributed by atoms with E-state index in [1.165, 1.54) is 0 Å². The monoisotopic (exact) mass is 284 g/mol. The Hall–Kier alpha value is -2.36. The van der Waals surface area contributed by atoms with Crippen molar-refractivity contribution in [1.29, 1.82) is 0 Å². The molecule has 0 atom stereocenters. The molecule has 1 aromatic heterocycles. The fourth-order valence-corrected chi connectivity index (χ4v) is 2.13. The largest absolute Gasteiger partial charge is 0.352 e. The third-order valence-electron chi connectivity index (χ3n) is 3.29. The van der Waals surface area contributed by atoms with Gasteiger partial charge in [0.2, 0.25) is 0 Å². The van der Waals surface area contributed by atoms with Gasteiger partial charge in [0.1, 0.15) is 0 Å². The molecule has 0 aliphatic heterocycles. The molecule has 1 N–H and O–H groups in total. The SMILES string of the molecule is Cc1cccc(C(=O)NCCCn2ccc(C)cc2=O)c1. The van der Waals surface area contributed by atoms with Gasteiger partial charge in [0.05, 0.1) is 0 Å². The Morgan fingerprint density at radius 3 is 2.62 bits per heavy atom. The highest BCUT2D eigenvalue weighted by Crippen LogP contribution is 2.03. The van der Waals surface area contributed by atoms with Crippen molar-refractivity contribution in [2.45, 2.75) is 26.8 Å². The Labute approximate surface area is 124 Å². The number of nitrogens with one attached hydrogen (secondary N) is 1. The minimum Gasteiger partial charge on any atom is -0.352 e. The lowest BCUT2D eigenvalue weighted by Crippen LogP contribution is -2.27. The summed E-state index contributed by atoms with van der Waals surface area (Å²) in [5, 5.41) is 2.87. The van der Waals surface area contributed by atoms with Crippen molar-refractivity contribution in [3.8, 4) is 0 Å². The topological polar surface area (TPSA) is 51.1 Å². The lowest BCUT2D eigenvalue weighted by molar-refractivity contribution is 0.0952. The summed E-state index contributed by atoms with van der Waals surface area (Å²) < 4.78 is 1.66. The number of aryl methyl sites for hydroxylation is 3. The fraction of sp³-hybridized carbons (Fsp3) is 0.294. The number of carbonyl (C=O) groups is 1. The number of hydrogen-bond acceptors (Lipinski definition) is 2. The van der Waals surface area contributed by atoms with Crippen LogP contribution in [0.25, 0.3) is 0 Å². The number of nitrogens with zero attached hydrogens (tertiary/aromatic N) is 1. The number of benzene rings is 1. The molecule has 1 heterocycles. The van der Waals surface area contributed by atoms with Gasteiger partial charge in [-0.3, -0.25) is 9.59 Å². The predicted octanol–water partition coefficient (Wildman–Crippen LogP) is 2.29. The van der Waals surface area contributed by atoms with E-state index in [1.54, 1.807) is 22.9 Å². The van der Waals surface area contributed by atoms with Gasteiger partial charge in [-0.05, 0) is 44.0 Å². The second-order valence-electron chi connectivity index (χ2n) is 5.21. The van der Waals surface area contributed by atoms with Gasteiger partial charge < -0.3 is 9.88 Å². The van der Waals surface area contributed by atoms with Crippen LogP contribution in [0.5, 0.6) is 0 Å². The Balaban J connectivity index is 1.82. The molecule has 0 aliphatic carbocycles. The summed E-state index contributed by atoms with van der Waals surface area (Å²) in [6.45, 7) is 5.01. The summed E-state index contributed by atoms with van der Waals surface area (Å²) in [6.07, 6.45) is 2.51. The van der Waals surface area contributed by atoms with Gasteiger partial charge in [0, 0.05) is 30.9 Å². The first-order chi connectivity index (χ1) is 10.1. The fourth-order valence-electron chi connectivity index (χ4n) is 2.13. The molecule has 0 unspecified atom stereocenters. The average molecular weight is 284 g/mol. The van der Waals surface area contributed by atoms with Crippen molar-refractivity contribution in [1.82, 2.24) is 9.88 Å². The van der Waals surface area contributed by atoms with E-state index < -0.39 is 0 Å². The van der Waals surface area contributed by atoms with Crippen LogP contribution in [0.3, 0.4) is 0 Å². The normalized spacial score (nSPS) is 10.4. The number of aromatic nitrogens is 1. The molecule has 21 heavy (non-hydrogen) atoms. The molecular weight excluding hydrogens is 264 g/mol. The van der Waals surface area contributed by atoms with E-state index in [9.17, 15) is 9.59 Å². The summed E-state index contributed by atoms with van der Waals surface area (Å²) >= 11 is 0. The first-order valence-corrected chi connectivity index (χ1v) is 7.08. The number of amides is 1. The third-order valence-corrected chi connectivity index (χ3v) is 3.29. The van der Waals surface area contributed by atoms with Crippen molar-refractivity contribution < 1.29 is 4.79 Å².